The average Bonchev–Trinajstić information content (AvgIpc) is 3.85. The summed E-state index contributed by atoms with van der Waals surface area (Å²) in [6, 6.07) is 58.4. The molecule has 0 bridgehead atoms. The summed E-state index contributed by atoms with van der Waals surface area (Å²) in [7, 11) is 0. The Morgan fingerprint density at radius 3 is 1.60 bits per heavy atom. The van der Waals surface area contributed by atoms with Gasteiger partial charge in [-0.05, 0) is 38.6 Å². The summed E-state index contributed by atoms with van der Waals surface area (Å²) in [5.74, 6) is 0.564. The van der Waals surface area contributed by atoms with Crippen LogP contribution in [0.15, 0.2) is 182 Å². The molecule has 0 radical (unpaired) electrons. The number of nitrogens with zero attached hydrogens (tertiary/aromatic N) is 6. The number of hydrogen-bond acceptors (Lipinski definition) is 4. The summed E-state index contributed by atoms with van der Waals surface area (Å²) in [5.41, 5.74) is 8.62. The molecule has 0 fully saturated rings. The summed E-state index contributed by atoms with van der Waals surface area (Å²) in [5, 5.41) is 14.6. The Morgan fingerprint density at radius 2 is 1.02 bits per heavy atom. The molecule has 48 heavy (non-hydrogen) atoms. The van der Waals surface area contributed by atoms with E-state index in [9.17, 15) is 0 Å². The van der Waals surface area contributed by atoms with Gasteiger partial charge in [-0.1, -0.05) is 170 Å². The smallest absolute Gasteiger partial charge is 0.205 e. The lowest BCUT2D eigenvalue weighted by Crippen LogP contribution is -2.39. The van der Waals surface area contributed by atoms with Gasteiger partial charge in [0, 0.05) is 23.9 Å². The monoisotopic (exact) mass is 620 g/mol. The molecule has 6 nitrogen and oxygen atoms in total. The van der Waals surface area contributed by atoms with E-state index in [-0.39, 0.29) is 0 Å². The molecule has 0 aliphatic rings. The molecular weight excluding hydrogens is 589 g/mol. The quantitative estimate of drug-likeness (QED) is 0.151. The highest BCUT2D eigenvalue weighted by molar-refractivity contribution is 5.80. The third-order valence-electron chi connectivity index (χ3n) is 8.79. The van der Waals surface area contributed by atoms with Crippen LogP contribution in [0.5, 0.6) is 0 Å². The van der Waals surface area contributed by atoms with Crippen LogP contribution in [0.2, 0.25) is 0 Å². The zero-order valence-electron chi connectivity index (χ0n) is 26.2. The van der Waals surface area contributed by atoms with Crippen LogP contribution in [0.25, 0.3) is 33.8 Å². The maximum atomic E-state index is 5.15. The van der Waals surface area contributed by atoms with E-state index in [4.69, 9.17) is 15.4 Å². The fraction of sp³-hybridized carbons (Fsp3) is 0.0476. The van der Waals surface area contributed by atoms with E-state index >= 15 is 0 Å². The van der Waals surface area contributed by atoms with Crippen molar-refractivity contribution in [3.8, 4) is 33.8 Å². The third kappa shape index (κ3) is 5.39. The molecule has 0 saturated heterocycles. The Bertz CT molecular complexity index is 2140. The molecule has 2 heterocycles. The van der Waals surface area contributed by atoms with Gasteiger partial charge in [0.05, 0.1) is 12.0 Å². The minimum absolute atomic E-state index is 0.564. The molecule has 0 aliphatic heterocycles. The van der Waals surface area contributed by atoms with Crippen LogP contribution < -0.4 is 0 Å². The molecule has 0 atom stereocenters. The maximum absolute atomic E-state index is 5.15. The van der Waals surface area contributed by atoms with E-state index in [1.807, 2.05) is 48.8 Å². The summed E-state index contributed by atoms with van der Waals surface area (Å²) in [6.07, 6.45) is 3.98. The Balaban J connectivity index is 1.15. The maximum Gasteiger partial charge on any atom is 0.205 e. The molecule has 8 rings (SSSR count). The highest BCUT2D eigenvalue weighted by Gasteiger charge is 2.41. The standard InChI is InChI=1S/C42H32N6/c1-5-15-34(16-6-1)40-30-47(31-43-40)29-32-25-27-33(28-26-32)38-23-13-14-24-39(38)41-44-46-48(45-41)42(35-17-7-2-8-18-35,36-19-9-3-10-20-36)37-21-11-4-12-22-37/h1-28,30-31H,29H2. The second kappa shape index (κ2) is 12.8. The van der Waals surface area contributed by atoms with E-state index in [1.54, 1.807) is 4.80 Å². The van der Waals surface area contributed by atoms with Gasteiger partial charge in [-0.3, -0.25) is 0 Å². The number of imidazole rings is 1. The van der Waals surface area contributed by atoms with Gasteiger partial charge in [-0.2, -0.15) is 0 Å². The number of rotatable bonds is 9. The number of hydrogen-bond donors (Lipinski definition) is 0. The lowest BCUT2D eigenvalue weighted by molar-refractivity contribution is 0.396. The zero-order valence-corrected chi connectivity index (χ0v) is 26.2. The van der Waals surface area contributed by atoms with E-state index in [1.165, 1.54) is 5.56 Å². The van der Waals surface area contributed by atoms with Crippen LogP contribution in [0.3, 0.4) is 0 Å². The van der Waals surface area contributed by atoms with Crippen LogP contribution >= 0.6 is 0 Å². The fourth-order valence-electron chi connectivity index (χ4n) is 6.48. The second-order valence-electron chi connectivity index (χ2n) is 11.8. The van der Waals surface area contributed by atoms with Crippen molar-refractivity contribution in [2.45, 2.75) is 12.1 Å². The average molecular weight is 621 g/mol. The first kappa shape index (κ1) is 29.0. The fourth-order valence-corrected chi connectivity index (χ4v) is 6.48. The first-order valence-electron chi connectivity index (χ1n) is 16.0. The minimum atomic E-state index is -0.834. The van der Waals surface area contributed by atoms with E-state index in [0.717, 1.165) is 51.2 Å². The van der Waals surface area contributed by atoms with Crippen molar-refractivity contribution < 1.29 is 0 Å². The molecule has 6 aromatic carbocycles. The van der Waals surface area contributed by atoms with E-state index in [0.29, 0.717) is 5.82 Å². The lowest BCUT2D eigenvalue weighted by Gasteiger charge is -2.34. The van der Waals surface area contributed by atoms with Crippen LogP contribution in [0.1, 0.15) is 22.3 Å². The largest absolute Gasteiger partial charge is 0.332 e. The Hall–Kier alpha value is -6.40. The van der Waals surface area contributed by atoms with Crippen molar-refractivity contribution in [2.24, 2.45) is 0 Å². The molecule has 230 valence electrons. The van der Waals surface area contributed by atoms with Gasteiger partial charge in [0.1, 0.15) is 0 Å². The Morgan fingerprint density at radius 1 is 0.500 bits per heavy atom. The first-order chi connectivity index (χ1) is 23.8. The van der Waals surface area contributed by atoms with Crippen molar-refractivity contribution in [1.82, 2.24) is 29.8 Å². The van der Waals surface area contributed by atoms with Gasteiger partial charge in [0.2, 0.25) is 5.82 Å². The normalized spacial score (nSPS) is 11.4. The van der Waals surface area contributed by atoms with E-state index in [2.05, 4.69) is 143 Å². The van der Waals surface area contributed by atoms with Crippen molar-refractivity contribution in [2.75, 3.05) is 0 Å². The van der Waals surface area contributed by atoms with Crippen LogP contribution in [0.4, 0.5) is 0 Å². The van der Waals surface area contributed by atoms with Crippen molar-refractivity contribution in [3.05, 3.63) is 205 Å². The molecule has 0 saturated carbocycles. The SMILES string of the molecule is c1ccc(-c2cn(Cc3ccc(-c4ccccc4-c4nnn(C(c5ccccc5)(c5ccccc5)c5ccccc5)n4)cc3)cn2)cc1. The Labute approximate surface area is 279 Å². The van der Waals surface area contributed by atoms with E-state index < -0.39 is 5.54 Å². The first-order valence-corrected chi connectivity index (χ1v) is 16.0. The third-order valence-corrected chi connectivity index (χ3v) is 8.79. The van der Waals surface area contributed by atoms with Gasteiger partial charge < -0.3 is 4.57 Å². The summed E-state index contributed by atoms with van der Waals surface area (Å²) >= 11 is 0. The van der Waals surface area contributed by atoms with Gasteiger partial charge in [0.15, 0.2) is 5.54 Å². The molecule has 0 N–H and O–H groups in total. The predicted molar refractivity (Wildman–Crippen MR) is 190 cm³/mol. The molecule has 0 unspecified atom stereocenters. The van der Waals surface area contributed by atoms with Crippen molar-refractivity contribution in [1.29, 1.82) is 0 Å². The van der Waals surface area contributed by atoms with Crippen LogP contribution in [-0.4, -0.2) is 29.8 Å². The summed E-state index contributed by atoms with van der Waals surface area (Å²) < 4.78 is 2.12. The Kier molecular flexibility index (Phi) is 7.73. The van der Waals surface area contributed by atoms with Gasteiger partial charge in [0.25, 0.3) is 0 Å². The molecule has 0 amide bonds. The van der Waals surface area contributed by atoms with Gasteiger partial charge in [-0.25, -0.2) is 4.98 Å². The molecule has 0 spiro atoms. The highest BCUT2D eigenvalue weighted by atomic mass is 15.6. The molecular formula is C42H32N6. The predicted octanol–water partition coefficient (Wildman–Crippen LogP) is 8.76. The number of tetrazole rings is 1. The molecule has 8 aromatic rings. The van der Waals surface area contributed by atoms with Crippen molar-refractivity contribution >= 4 is 0 Å². The lowest BCUT2D eigenvalue weighted by atomic mass is 9.77. The van der Waals surface area contributed by atoms with Gasteiger partial charge in [-0.15, -0.1) is 15.0 Å². The van der Waals surface area contributed by atoms with Crippen LogP contribution in [0, 0.1) is 0 Å². The van der Waals surface area contributed by atoms with Crippen LogP contribution in [-0.2, 0) is 12.1 Å². The van der Waals surface area contributed by atoms with Gasteiger partial charge >= 0.3 is 0 Å². The topological polar surface area (TPSA) is 61.4 Å². The minimum Gasteiger partial charge on any atom is -0.332 e. The molecule has 2 aromatic heterocycles. The number of aromatic nitrogens is 6. The zero-order chi connectivity index (χ0) is 32.2. The van der Waals surface area contributed by atoms with Crippen molar-refractivity contribution in [3.63, 3.8) is 0 Å². The second-order valence-corrected chi connectivity index (χ2v) is 11.8. The highest BCUT2D eigenvalue weighted by Crippen LogP contribution is 2.40. The molecule has 6 heteroatoms. The summed E-state index contributed by atoms with van der Waals surface area (Å²) in [6.45, 7) is 0.734. The number of benzene rings is 6. The molecule has 0 aliphatic carbocycles. The summed E-state index contributed by atoms with van der Waals surface area (Å²) in [4.78, 5) is 6.39.